The molecule has 0 unspecified atom stereocenters. The Balaban J connectivity index is 2.29. The summed E-state index contributed by atoms with van der Waals surface area (Å²) in [6, 6.07) is 4.62. The Kier molecular flexibility index (Phi) is 9.64. The minimum atomic E-state index is -3.78. The van der Waals surface area contributed by atoms with E-state index < -0.39 is 27.5 Å². The summed E-state index contributed by atoms with van der Waals surface area (Å²) in [4.78, 5) is 27.3. The monoisotopic (exact) mass is 506 g/mol. The van der Waals surface area contributed by atoms with Crippen molar-refractivity contribution in [1.82, 2.24) is 4.98 Å². The number of sulfone groups is 1. The maximum Gasteiger partial charge on any atom is 0.330 e. The van der Waals surface area contributed by atoms with Crippen molar-refractivity contribution < 1.29 is 41.7 Å². The Morgan fingerprint density at radius 1 is 0.943 bits per heavy atom. The third kappa shape index (κ3) is 7.74. The maximum atomic E-state index is 12.8. The number of ether oxygens (including phenoxy) is 5. The minimum absolute atomic E-state index is 0.0641. The third-order valence-electron chi connectivity index (χ3n) is 4.49. The van der Waals surface area contributed by atoms with E-state index in [4.69, 9.17) is 18.9 Å². The second-order valence-corrected chi connectivity index (χ2v) is 8.69. The number of pyridine rings is 1. The summed E-state index contributed by atoms with van der Waals surface area (Å²) in [6.45, 7) is 0. The fourth-order valence-electron chi connectivity index (χ4n) is 2.86. The van der Waals surface area contributed by atoms with Crippen LogP contribution in [0.5, 0.6) is 23.1 Å². The van der Waals surface area contributed by atoms with Crippen molar-refractivity contribution in [3.05, 3.63) is 53.1 Å². The normalized spacial score (nSPS) is 11.3. The van der Waals surface area contributed by atoms with E-state index in [0.29, 0.717) is 22.8 Å². The average molecular weight is 507 g/mol. The summed E-state index contributed by atoms with van der Waals surface area (Å²) in [5, 5.41) is 3.52. The molecule has 1 N–H and O–H groups in total. The van der Waals surface area contributed by atoms with Crippen LogP contribution in [0.1, 0.15) is 11.1 Å². The van der Waals surface area contributed by atoms with Gasteiger partial charge in [0.1, 0.15) is 22.9 Å². The molecule has 0 atom stereocenters. The molecule has 0 aliphatic heterocycles. The van der Waals surface area contributed by atoms with Gasteiger partial charge in [-0.3, -0.25) is 4.79 Å². The molecule has 1 heterocycles. The number of anilines is 1. The topological polar surface area (TPSA) is 139 Å². The van der Waals surface area contributed by atoms with E-state index in [-0.39, 0.29) is 17.1 Å². The van der Waals surface area contributed by atoms with E-state index in [9.17, 15) is 18.0 Å². The Hall–Kier alpha value is -4.06. The van der Waals surface area contributed by atoms with Crippen molar-refractivity contribution in [2.24, 2.45) is 0 Å². The molecule has 1 aromatic carbocycles. The summed E-state index contributed by atoms with van der Waals surface area (Å²) in [5.74, 6) is -0.501. The average Bonchev–Trinajstić information content (AvgIpc) is 2.85. The molecular weight excluding hydrogens is 480 g/mol. The first-order valence-electron chi connectivity index (χ1n) is 9.97. The molecule has 1 aromatic heterocycles. The third-order valence-corrected chi connectivity index (χ3v) is 5.78. The molecule has 0 spiro atoms. The summed E-state index contributed by atoms with van der Waals surface area (Å²) in [7, 11) is 3.12. The zero-order chi connectivity index (χ0) is 26.0. The molecule has 0 saturated carbocycles. The van der Waals surface area contributed by atoms with Crippen LogP contribution in [-0.2, 0) is 29.9 Å². The van der Waals surface area contributed by atoms with Gasteiger partial charge in [-0.15, -0.1) is 0 Å². The number of methoxy groups -OCH3 is 5. The van der Waals surface area contributed by atoms with Crippen LogP contribution in [0.2, 0.25) is 0 Å². The molecule has 0 bridgehead atoms. The first kappa shape index (κ1) is 27.2. The highest BCUT2D eigenvalue weighted by atomic mass is 32.2. The lowest BCUT2D eigenvalue weighted by atomic mass is 10.1. The Bertz CT molecular complexity index is 1210. The largest absolute Gasteiger partial charge is 0.496 e. The quantitative estimate of drug-likeness (QED) is 0.357. The van der Waals surface area contributed by atoms with Crippen LogP contribution in [-0.4, -0.2) is 60.8 Å². The number of aromatic nitrogens is 1. The number of benzene rings is 1. The Morgan fingerprint density at radius 3 is 2.14 bits per heavy atom. The van der Waals surface area contributed by atoms with Crippen molar-refractivity contribution in [1.29, 1.82) is 0 Å². The zero-order valence-corrected chi connectivity index (χ0v) is 20.7. The van der Waals surface area contributed by atoms with Gasteiger partial charge in [0.05, 0.1) is 46.9 Å². The van der Waals surface area contributed by atoms with Crippen molar-refractivity contribution in [2.45, 2.75) is 5.75 Å². The lowest BCUT2D eigenvalue weighted by Crippen LogP contribution is -2.11. The highest BCUT2D eigenvalue weighted by Crippen LogP contribution is 2.35. The molecule has 0 radical (unpaired) electrons. The van der Waals surface area contributed by atoms with Gasteiger partial charge in [-0.1, -0.05) is 0 Å². The molecule has 0 fully saturated rings. The first-order chi connectivity index (χ1) is 16.7. The first-order valence-corrected chi connectivity index (χ1v) is 11.7. The van der Waals surface area contributed by atoms with Gasteiger partial charge in [0.25, 0.3) is 0 Å². The number of carbonyl (C=O) groups excluding carboxylic acids is 2. The predicted molar refractivity (Wildman–Crippen MR) is 128 cm³/mol. The molecule has 12 heteroatoms. The van der Waals surface area contributed by atoms with Crippen LogP contribution in [0.25, 0.3) is 6.08 Å². The van der Waals surface area contributed by atoms with Crippen LogP contribution in [0.4, 0.5) is 5.69 Å². The highest BCUT2D eigenvalue weighted by molar-refractivity contribution is 7.93. The van der Waals surface area contributed by atoms with Crippen molar-refractivity contribution in [2.75, 3.05) is 40.9 Å². The van der Waals surface area contributed by atoms with Gasteiger partial charge in [-0.05, 0) is 17.7 Å². The van der Waals surface area contributed by atoms with Crippen LogP contribution < -0.4 is 24.3 Å². The zero-order valence-electron chi connectivity index (χ0n) is 19.9. The van der Waals surface area contributed by atoms with Crippen molar-refractivity contribution in [3.8, 4) is 23.1 Å². The fourth-order valence-corrected chi connectivity index (χ4v) is 3.92. The van der Waals surface area contributed by atoms with E-state index >= 15 is 0 Å². The van der Waals surface area contributed by atoms with Crippen molar-refractivity contribution in [3.63, 3.8) is 0 Å². The molecule has 11 nitrogen and oxygen atoms in total. The van der Waals surface area contributed by atoms with Crippen LogP contribution in [0, 0.1) is 0 Å². The van der Waals surface area contributed by atoms with Gasteiger partial charge < -0.3 is 29.0 Å². The van der Waals surface area contributed by atoms with E-state index in [1.807, 2.05) is 0 Å². The SMILES string of the molecule is COC(=O)/C=C\C(=O)Nc1cc(CS(=O)(=O)/C=C\c2c(OC)cc(OC)cc2OC)cnc1OC. The lowest BCUT2D eigenvalue weighted by Gasteiger charge is -2.12. The van der Waals surface area contributed by atoms with Crippen molar-refractivity contribution >= 4 is 33.5 Å². The Morgan fingerprint density at radius 2 is 1.60 bits per heavy atom. The van der Waals surface area contributed by atoms with E-state index in [2.05, 4.69) is 15.0 Å². The molecule has 0 aliphatic carbocycles. The predicted octanol–water partition coefficient (Wildman–Crippen LogP) is 2.37. The number of nitrogens with one attached hydrogen (secondary N) is 1. The summed E-state index contributed by atoms with van der Waals surface area (Å²) < 4.78 is 51.0. The van der Waals surface area contributed by atoms with Crippen LogP contribution in [0.15, 0.2) is 42.0 Å². The fraction of sp³-hybridized carbons (Fsp3) is 0.261. The molecular formula is C23H26N2O9S. The van der Waals surface area contributed by atoms with Gasteiger partial charge in [-0.25, -0.2) is 18.2 Å². The number of esters is 1. The number of rotatable bonds is 11. The van der Waals surface area contributed by atoms with Gasteiger partial charge in [-0.2, -0.15) is 0 Å². The smallest absolute Gasteiger partial charge is 0.330 e. The second kappa shape index (κ2) is 12.4. The summed E-state index contributed by atoms with van der Waals surface area (Å²) >= 11 is 0. The standard InChI is InChI=1S/C23H26N2O9S/c1-30-16-11-19(31-2)17(20(12-16)32-3)8-9-35(28,29)14-15-10-18(23(34-5)24-13-15)25-21(26)6-7-22(27)33-4/h6-13H,14H2,1-5H3,(H,25,26)/b7-6-,9-8-. The summed E-state index contributed by atoms with van der Waals surface area (Å²) in [6.07, 6.45) is 4.59. The van der Waals surface area contributed by atoms with Crippen LogP contribution in [0.3, 0.4) is 0 Å². The number of carbonyl (C=O) groups is 2. The molecule has 0 saturated heterocycles. The van der Waals surface area contributed by atoms with E-state index in [1.165, 1.54) is 53.9 Å². The molecule has 2 rings (SSSR count). The second-order valence-electron chi connectivity index (χ2n) is 6.80. The number of hydrogen-bond acceptors (Lipinski definition) is 10. The number of nitrogens with zero attached hydrogens (tertiary/aromatic N) is 1. The van der Waals surface area contributed by atoms with Crippen LogP contribution >= 0.6 is 0 Å². The maximum absolute atomic E-state index is 12.8. The van der Waals surface area contributed by atoms with Gasteiger partial charge in [0.15, 0.2) is 9.84 Å². The highest BCUT2D eigenvalue weighted by Gasteiger charge is 2.16. The van der Waals surface area contributed by atoms with Gasteiger partial charge in [0.2, 0.25) is 11.8 Å². The van der Waals surface area contributed by atoms with E-state index in [0.717, 1.165) is 17.6 Å². The summed E-state index contributed by atoms with van der Waals surface area (Å²) in [5.41, 5.74) is 0.830. The molecule has 188 valence electrons. The molecule has 0 aliphatic rings. The number of hydrogen-bond donors (Lipinski definition) is 1. The minimum Gasteiger partial charge on any atom is -0.496 e. The van der Waals surface area contributed by atoms with Gasteiger partial charge in [0, 0.05) is 35.9 Å². The molecule has 2 aromatic rings. The number of amides is 1. The lowest BCUT2D eigenvalue weighted by molar-refractivity contribution is -0.135. The molecule has 1 amide bonds. The van der Waals surface area contributed by atoms with Gasteiger partial charge >= 0.3 is 5.97 Å². The van der Waals surface area contributed by atoms with E-state index in [1.54, 1.807) is 12.1 Å². The Labute approximate surface area is 203 Å². The molecule has 35 heavy (non-hydrogen) atoms.